The van der Waals surface area contributed by atoms with E-state index in [0.29, 0.717) is 11.1 Å². The number of nitrogens with zero attached hydrogens (tertiary/aromatic N) is 3. The van der Waals surface area contributed by atoms with Gasteiger partial charge in [-0.25, -0.2) is 5.01 Å². The standard InChI is InChI=1S/C13H9N3O3/c1-7(17)16-11-12(18)8-4-2-3-5-9(8)13(11)19-10(6-14)15-16/h2-5,11,13H,1H3. The zero-order valence-electron chi connectivity index (χ0n) is 10.0. The van der Waals surface area contributed by atoms with Crippen LogP contribution < -0.4 is 0 Å². The maximum absolute atomic E-state index is 12.3. The predicted octanol–water partition coefficient (Wildman–Crippen LogP) is 1.01. The van der Waals surface area contributed by atoms with Gasteiger partial charge in [0.25, 0.3) is 0 Å². The van der Waals surface area contributed by atoms with Crippen LogP contribution in [0, 0.1) is 11.3 Å². The number of carbonyl (C=O) groups excluding carboxylic acids is 2. The smallest absolute Gasteiger partial charge is 0.313 e. The summed E-state index contributed by atoms with van der Waals surface area (Å²) < 4.78 is 5.41. The average Bonchev–Trinajstić information content (AvgIpc) is 2.72. The quantitative estimate of drug-likeness (QED) is 0.692. The summed E-state index contributed by atoms with van der Waals surface area (Å²) in [5.74, 6) is -0.815. The first-order valence-corrected chi connectivity index (χ1v) is 5.72. The monoisotopic (exact) mass is 255 g/mol. The molecular formula is C13H9N3O3. The minimum atomic E-state index is -0.813. The van der Waals surface area contributed by atoms with Crippen LogP contribution in [0.3, 0.4) is 0 Å². The second-order valence-corrected chi connectivity index (χ2v) is 4.32. The summed E-state index contributed by atoms with van der Waals surface area (Å²) in [7, 11) is 0. The van der Waals surface area contributed by atoms with Crippen molar-refractivity contribution in [3.63, 3.8) is 0 Å². The summed E-state index contributed by atoms with van der Waals surface area (Å²) in [4.78, 5) is 23.9. The molecule has 0 spiro atoms. The molecule has 3 rings (SSSR count). The zero-order valence-corrected chi connectivity index (χ0v) is 10.0. The number of ether oxygens (including phenoxy) is 1. The average molecular weight is 255 g/mol. The molecule has 1 amide bonds. The Bertz CT molecular complexity index is 659. The highest BCUT2D eigenvalue weighted by molar-refractivity contribution is 6.08. The number of Topliss-reactive ketones (excluding diaryl/α,β-unsaturated/α-hetero) is 1. The van der Waals surface area contributed by atoms with E-state index in [1.165, 1.54) is 6.92 Å². The van der Waals surface area contributed by atoms with Crippen LogP contribution in [0.1, 0.15) is 28.9 Å². The molecule has 0 bridgehead atoms. The normalized spacial score (nSPS) is 23.9. The second kappa shape index (κ2) is 3.92. The Kier molecular flexibility index (Phi) is 2.35. The van der Waals surface area contributed by atoms with E-state index in [1.807, 2.05) is 0 Å². The van der Waals surface area contributed by atoms with Gasteiger partial charge in [0.2, 0.25) is 5.91 Å². The molecule has 2 aliphatic rings. The van der Waals surface area contributed by atoms with E-state index in [1.54, 1.807) is 30.3 Å². The Morgan fingerprint density at radius 1 is 1.47 bits per heavy atom. The molecule has 0 N–H and O–H groups in total. The van der Waals surface area contributed by atoms with Gasteiger partial charge in [0.15, 0.2) is 24.0 Å². The number of ketones is 1. The number of benzene rings is 1. The molecule has 2 atom stereocenters. The van der Waals surface area contributed by atoms with Gasteiger partial charge in [-0.15, -0.1) is 5.10 Å². The number of nitriles is 1. The molecule has 6 heteroatoms. The molecule has 19 heavy (non-hydrogen) atoms. The molecule has 0 radical (unpaired) electrons. The number of hydrazone groups is 1. The molecular weight excluding hydrogens is 246 g/mol. The fourth-order valence-electron chi connectivity index (χ4n) is 2.42. The third-order valence-corrected chi connectivity index (χ3v) is 3.21. The van der Waals surface area contributed by atoms with E-state index in [4.69, 9.17) is 10.00 Å². The van der Waals surface area contributed by atoms with Crippen molar-refractivity contribution in [2.24, 2.45) is 5.10 Å². The second-order valence-electron chi connectivity index (χ2n) is 4.32. The topological polar surface area (TPSA) is 82.8 Å². The summed E-state index contributed by atoms with van der Waals surface area (Å²) in [6.45, 7) is 1.30. The largest absolute Gasteiger partial charge is 0.458 e. The first-order valence-electron chi connectivity index (χ1n) is 5.72. The molecule has 1 aromatic carbocycles. The van der Waals surface area contributed by atoms with E-state index in [2.05, 4.69) is 5.10 Å². The number of hydrogen-bond donors (Lipinski definition) is 0. The first-order chi connectivity index (χ1) is 9.13. The fourth-order valence-corrected chi connectivity index (χ4v) is 2.42. The molecule has 2 unspecified atom stereocenters. The first kappa shape index (κ1) is 11.4. The zero-order chi connectivity index (χ0) is 13.6. The Labute approximate surface area is 108 Å². The Morgan fingerprint density at radius 3 is 2.89 bits per heavy atom. The van der Waals surface area contributed by atoms with Crippen molar-refractivity contribution in [2.75, 3.05) is 0 Å². The number of amides is 1. The van der Waals surface area contributed by atoms with Crippen LogP contribution in [-0.2, 0) is 9.53 Å². The van der Waals surface area contributed by atoms with Gasteiger partial charge in [-0.05, 0) is 0 Å². The molecule has 1 aliphatic carbocycles. The van der Waals surface area contributed by atoms with Crippen LogP contribution in [0.5, 0.6) is 0 Å². The Balaban J connectivity index is 2.14. The van der Waals surface area contributed by atoms with Gasteiger partial charge >= 0.3 is 5.90 Å². The van der Waals surface area contributed by atoms with E-state index in [-0.39, 0.29) is 11.7 Å². The van der Waals surface area contributed by atoms with Gasteiger partial charge in [0.05, 0.1) is 0 Å². The predicted molar refractivity (Wildman–Crippen MR) is 64.0 cm³/mol. The number of hydrogen-bond acceptors (Lipinski definition) is 5. The SMILES string of the molecule is CC(=O)N1N=C(C#N)OC2c3ccccc3C(=O)C21. The summed E-state index contributed by atoms with van der Waals surface area (Å²) in [5.41, 5.74) is 1.20. The van der Waals surface area contributed by atoms with Gasteiger partial charge in [0, 0.05) is 18.1 Å². The van der Waals surface area contributed by atoms with Crippen molar-refractivity contribution in [2.45, 2.75) is 19.1 Å². The third kappa shape index (κ3) is 1.52. The number of rotatable bonds is 0. The molecule has 94 valence electrons. The van der Waals surface area contributed by atoms with Crippen molar-refractivity contribution in [1.82, 2.24) is 5.01 Å². The highest BCUT2D eigenvalue weighted by atomic mass is 16.5. The van der Waals surface area contributed by atoms with Crippen molar-refractivity contribution >= 4 is 17.6 Å². The van der Waals surface area contributed by atoms with Crippen LogP contribution >= 0.6 is 0 Å². The lowest BCUT2D eigenvalue weighted by Crippen LogP contribution is -2.46. The van der Waals surface area contributed by atoms with Gasteiger partial charge in [-0.3, -0.25) is 9.59 Å². The lowest BCUT2D eigenvalue weighted by molar-refractivity contribution is -0.133. The molecule has 1 aliphatic heterocycles. The summed E-state index contributed by atoms with van der Waals surface area (Å²) in [5, 5.41) is 13.7. The highest BCUT2D eigenvalue weighted by Gasteiger charge is 2.49. The van der Waals surface area contributed by atoms with Gasteiger partial charge in [0.1, 0.15) is 0 Å². The van der Waals surface area contributed by atoms with E-state index in [0.717, 1.165) is 5.01 Å². The molecule has 0 fully saturated rings. The minimum absolute atomic E-state index is 0.207. The summed E-state index contributed by atoms with van der Waals surface area (Å²) in [6.07, 6.45) is -0.653. The lowest BCUT2D eigenvalue weighted by atomic mass is 10.1. The number of carbonyl (C=O) groups is 2. The maximum Gasteiger partial charge on any atom is 0.313 e. The van der Waals surface area contributed by atoms with Crippen LogP contribution in [0.2, 0.25) is 0 Å². The molecule has 1 aromatic rings. The Hall–Kier alpha value is -2.68. The fraction of sp³-hybridized carbons (Fsp3) is 0.231. The third-order valence-electron chi connectivity index (χ3n) is 3.21. The highest BCUT2D eigenvalue weighted by Crippen LogP contribution is 2.39. The van der Waals surface area contributed by atoms with Gasteiger partial charge in [-0.1, -0.05) is 24.3 Å². The molecule has 0 saturated heterocycles. The molecule has 6 nitrogen and oxygen atoms in total. The molecule has 0 aromatic heterocycles. The van der Waals surface area contributed by atoms with Crippen LogP contribution in [0.4, 0.5) is 0 Å². The van der Waals surface area contributed by atoms with E-state index in [9.17, 15) is 9.59 Å². The van der Waals surface area contributed by atoms with Crippen LogP contribution in [0.25, 0.3) is 0 Å². The van der Waals surface area contributed by atoms with Crippen LogP contribution in [0.15, 0.2) is 29.4 Å². The molecule has 1 heterocycles. The Morgan fingerprint density at radius 2 is 2.21 bits per heavy atom. The molecule has 0 saturated carbocycles. The maximum atomic E-state index is 12.3. The van der Waals surface area contributed by atoms with Crippen molar-refractivity contribution in [3.8, 4) is 6.07 Å². The van der Waals surface area contributed by atoms with Crippen molar-refractivity contribution in [3.05, 3.63) is 35.4 Å². The summed E-state index contributed by atoms with van der Waals surface area (Å²) >= 11 is 0. The van der Waals surface area contributed by atoms with Gasteiger partial charge in [-0.2, -0.15) is 5.26 Å². The minimum Gasteiger partial charge on any atom is -0.458 e. The van der Waals surface area contributed by atoms with Gasteiger partial charge < -0.3 is 4.74 Å². The van der Waals surface area contributed by atoms with E-state index < -0.39 is 18.1 Å². The van der Waals surface area contributed by atoms with E-state index >= 15 is 0 Å². The number of fused-ring (bicyclic) bond motifs is 3. The van der Waals surface area contributed by atoms with Crippen molar-refractivity contribution in [1.29, 1.82) is 5.26 Å². The van der Waals surface area contributed by atoms with Crippen molar-refractivity contribution < 1.29 is 14.3 Å². The lowest BCUT2D eigenvalue weighted by Gasteiger charge is -2.31. The summed E-state index contributed by atoms with van der Waals surface area (Å²) in [6, 6.07) is 7.94. The van der Waals surface area contributed by atoms with Crippen LogP contribution in [-0.4, -0.2) is 28.6 Å².